The molecule has 1 heterocycles. The number of aliphatic hydroxyl groups excluding tert-OH is 1. The Bertz CT molecular complexity index is 629. The van der Waals surface area contributed by atoms with Crippen LogP contribution in [0.4, 0.5) is 0 Å². The smallest absolute Gasteiger partial charge is 0.252 e. The Kier molecular flexibility index (Phi) is 6.31. The van der Waals surface area contributed by atoms with Crippen LogP contribution < -0.4 is 10.6 Å². The van der Waals surface area contributed by atoms with Crippen LogP contribution in [0.25, 0.3) is 0 Å². The van der Waals surface area contributed by atoms with Crippen molar-refractivity contribution >= 4 is 23.2 Å². The average Bonchev–Trinajstić information content (AvgIpc) is 3.08. The van der Waals surface area contributed by atoms with Crippen LogP contribution in [0.1, 0.15) is 22.8 Å². The molecule has 0 saturated heterocycles. The van der Waals surface area contributed by atoms with Crippen molar-refractivity contribution in [2.75, 3.05) is 6.54 Å². The van der Waals surface area contributed by atoms with E-state index in [0.29, 0.717) is 12.0 Å². The molecule has 3 N–H and O–H groups in total. The molecule has 2 amide bonds. The molecule has 0 fully saturated rings. The lowest BCUT2D eigenvalue weighted by Gasteiger charge is -2.20. The third kappa shape index (κ3) is 5.50. The van der Waals surface area contributed by atoms with Crippen molar-refractivity contribution in [1.29, 1.82) is 0 Å². The molecule has 2 unspecified atom stereocenters. The van der Waals surface area contributed by atoms with Crippen LogP contribution in [0.3, 0.4) is 0 Å². The maximum absolute atomic E-state index is 11.9. The summed E-state index contributed by atoms with van der Waals surface area (Å²) < 4.78 is 0. The molecule has 2 aromatic rings. The first kappa shape index (κ1) is 17.2. The number of carbonyl (C=O) groups excluding carboxylic acids is 2. The molecule has 0 spiro atoms. The molecule has 1 aromatic heterocycles. The molecule has 0 aliphatic rings. The Morgan fingerprint density at radius 2 is 1.96 bits per heavy atom. The molecule has 0 aliphatic heterocycles. The predicted octanol–water partition coefficient (Wildman–Crippen LogP) is 1.59. The first-order chi connectivity index (χ1) is 11.1. The first-order valence-corrected chi connectivity index (χ1v) is 8.32. The highest BCUT2D eigenvalue weighted by atomic mass is 32.1. The molecule has 5 nitrogen and oxygen atoms in total. The summed E-state index contributed by atoms with van der Waals surface area (Å²) >= 11 is 1.42. The van der Waals surface area contributed by atoms with Crippen molar-refractivity contribution < 1.29 is 14.7 Å². The lowest BCUT2D eigenvalue weighted by atomic mass is 10.0. The summed E-state index contributed by atoms with van der Waals surface area (Å²) in [4.78, 5) is 23.6. The van der Waals surface area contributed by atoms with E-state index >= 15 is 0 Å². The largest absolute Gasteiger partial charge is 0.391 e. The number of hydrogen-bond donors (Lipinski definition) is 3. The molecule has 0 aliphatic carbocycles. The molecular formula is C17H20N2O3S. The van der Waals surface area contributed by atoms with Gasteiger partial charge in [0.15, 0.2) is 0 Å². The molecule has 2 rings (SSSR count). The maximum Gasteiger partial charge on any atom is 0.252 e. The summed E-state index contributed by atoms with van der Waals surface area (Å²) in [6, 6.07) is 10.9. The monoisotopic (exact) mass is 332 g/mol. The van der Waals surface area contributed by atoms with Gasteiger partial charge in [-0.1, -0.05) is 30.3 Å². The second kappa shape index (κ2) is 8.45. The fraction of sp³-hybridized carbons (Fsp3) is 0.294. The van der Waals surface area contributed by atoms with Crippen LogP contribution in [0.2, 0.25) is 0 Å². The van der Waals surface area contributed by atoms with Crippen molar-refractivity contribution in [1.82, 2.24) is 10.6 Å². The summed E-state index contributed by atoms with van der Waals surface area (Å²) in [5, 5.41) is 18.9. The maximum atomic E-state index is 11.9. The molecule has 23 heavy (non-hydrogen) atoms. The number of rotatable bonds is 7. The Balaban J connectivity index is 1.74. The molecule has 0 bridgehead atoms. The van der Waals surface area contributed by atoms with E-state index in [0.717, 1.165) is 5.56 Å². The molecule has 0 saturated carbocycles. The highest BCUT2D eigenvalue weighted by Crippen LogP contribution is 2.06. The van der Waals surface area contributed by atoms with Crippen LogP contribution in [0, 0.1) is 0 Å². The highest BCUT2D eigenvalue weighted by Gasteiger charge is 2.17. The second-order valence-electron chi connectivity index (χ2n) is 5.31. The van der Waals surface area contributed by atoms with Crippen molar-refractivity contribution in [2.45, 2.75) is 25.5 Å². The van der Waals surface area contributed by atoms with Gasteiger partial charge in [0.2, 0.25) is 5.91 Å². The Morgan fingerprint density at radius 3 is 2.61 bits per heavy atom. The molecule has 2 atom stereocenters. The van der Waals surface area contributed by atoms with Gasteiger partial charge < -0.3 is 15.7 Å². The van der Waals surface area contributed by atoms with Gasteiger partial charge in [0.1, 0.15) is 0 Å². The quantitative estimate of drug-likeness (QED) is 0.720. The van der Waals surface area contributed by atoms with Gasteiger partial charge in [-0.15, -0.1) is 0 Å². The van der Waals surface area contributed by atoms with E-state index in [1.165, 1.54) is 11.3 Å². The zero-order valence-corrected chi connectivity index (χ0v) is 13.7. The van der Waals surface area contributed by atoms with Crippen LogP contribution >= 0.6 is 11.3 Å². The van der Waals surface area contributed by atoms with Crippen molar-refractivity contribution in [3.63, 3.8) is 0 Å². The summed E-state index contributed by atoms with van der Waals surface area (Å²) in [5.41, 5.74) is 1.55. The minimum absolute atomic E-state index is 0.114. The number of nitrogens with one attached hydrogen (secondary N) is 2. The Morgan fingerprint density at radius 1 is 1.22 bits per heavy atom. The van der Waals surface area contributed by atoms with Gasteiger partial charge in [-0.3, -0.25) is 9.59 Å². The number of hydrogen-bond acceptors (Lipinski definition) is 4. The van der Waals surface area contributed by atoms with Gasteiger partial charge in [0.05, 0.1) is 18.7 Å². The third-order valence-electron chi connectivity index (χ3n) is 3.45. The van der Waals surface area contributed by atoms with Crippen molar-refractivity contribution in [3.8, 4) is 0 Å². The van der Waals surface area contributed by atoms with E-state index in [2.05, 4.69) is 10.6 Å². The Labute approximate surface area is 139 Å². The molecule has 122 valence electrons. The van der Waals surface area contributed by atoms with Gasteiger partial charge in [-0.25, -0.2) is 0 Å². The lowest BCUT2D eigenvalue weighted by Crippen LogP contribution is -2.46. The van der Waals surface area contributed by atoms with Crippen molar-refractivity contribution in [2.24, 2.45) is 0 Å². The normalized spacial score (nSPS) is 13.1. The SMILES string of the molecule is CC(NC(=O)CNC(=O)c1ccsc1)C(O)Cc1ccccc1. The number of benzene rings is 1. The summed E-state index contributed by atoms with van der Waals surface area (Å²) in [5.74, 6) is -0.605. The predicted molar refractivity (Wildman–Crippen MR) is 90.4 cm³/mol. The number of carbonyl (C=O) groups is 2. The second-order valence-corrected chi connectivity index (χ2v) is 6.09. The molecule has 6 heteroatoms. The highest BCUT2D eigenvalue weighted by molar-refractivity contribution is 7.08. The zero-order valence-electron chi connectivity index (χ0n) is 12.9. The fourth-order valence-electron chi connectivity index (χ4n) is 2.09. The van der Waals surface area contributed by atoms with E-state index in [4.69, 9.17) is 0 Å². The van der Waals surface area contributed by atoms with Crippen LogP contribution in [0.5, 0.6) is 0 Å². The van der Waals surface area contributed by atoms with Gasteiger partial charge in [0.25, 0.3) is 5.91 Å². The van der Waals surface area contributed by atoms with Crippen LogP contribution in [-0.2, 0) is 11.2 Å². The summed E-state index contributed by atoms with van der Waals surface area (Å²) in [6.45, 7) is 1.63. The van der Waals surface area contributed by atoms with Gasteiger partial charge in [-0.2, -0.15) is 11.3 Å². The van der Waals surface area contributed by atoms with E-state index in [1.54, 1.807) is 23.8 Å². The minimum Gasteiger partial charge on any atom is -0.391 e. The van der Waals surface area contributed by atoms with Gasteiger partial charge in [0, 0.05) is 17.4 Å². The van der Waals surface area contributed by atoms with Gasteiger partial charge >= 0.3 is 0 Å². The van der Waals surface area contributed by atoms with Crippen LogP contribution in [-0.4, -0.2) is 35.6 Å². The number of aliphatic hydroxyl groups is 1. The Hall–Kier alpha value is -2.18. The lowest BCUT2D eigenvalue weighted by molar-refractivity contribution is -0.121. The average molecular weight is 332 g/mol. The zero-order chi connectivity index (χ0) is 16.7. The van der Waals surface area contributed by atoms with Crippen molar-refractivity contribution in [3.05, 3.63) is 58.3 Å². The van der Waals surface area contributed by atoms with Gasteiger partial charge in [-0.05, 0) is 23.9 Å². The summed E-state index contributed by atoms with van der Waals surface area (Å²) in [6.07, 6.45) is -0.224. The van der Waals surface area contributed by atoms with E-state index < -0.39 is 12.1 Å². The minimum atomic E-state index is -0.686. The topological polar surface area (TPSA) is 78.4 Å². The molecule has 1 aromatic carbocycles. The van der Waals surface area contributed by atoms with E-state index in [1.807, 2.05) is 30.3 Å². The standard InChI is InChI=1S/C17H20N2O3S/c1-12(15(20)9-13-5-3-2-4-6-13)19-16(21)10-18-17(22)14-7-8-23-11-14/h2-8,11-12,15,20H,9-10H2,1H3,(H,18,22)(H,19,21). The van der Waals surface area contributed by atoms with E-state index in [-0.39, 0.29) is 18.4 Å². The fourth-order valence-corrected chi connectivity index (χ4v) is 2.73. The molecular weight excluding hydrogens is 312 g/mol. The van der Waals surface area contributed by atoms with Crippen LogP contribution in [0.15, 0.2) is 47.2 Å². The molecule has 0 radical (unpaired) electrons. The first-order valence-electron chi connectivity index (χ1n) is 7.38. The summed E-state index contributed by atoms with van der Waals surface area (Å²) in [7, 11) is 0. The van der Waals surface area contributed by atoms with E-state index in [9.17, 15) is 14.7 Å². The third-order valence-corrected chi connectivity index (χ3v) is 4.13. The number of amides is 2. The number of thiophene rings is 1.